The molecule has 0 saturated carbocycles. The molecular weight excluding hydrogens is 256 g/mol. The molecule has 1 atom stereocenters. The molecule has 0 aliphatic carbocycles. The lowest BCUT2D eigenvalue weighted by atomic mass is 9.86. The summed E-state index contributed by atoms with van der Waals surface area (Å²) in [5.41, 5.74) is 4.81. The summed E-state index contributed by atoms with van der Waals surface area (Å²) in [5, 5.41) is 10.4. The molecule has 1 heteroatoms. The van der Waals surface area contributed by atoms with E-state index in [9.17, 15) is 5.11 Å². The van der Waals surface area contributed by atoms with Gasteiger partial charge in [-0.3, -0.25) is 0 Å². The summed E-state index contributed by atoms with van der Waals surface area (Å²) < 4.78 is 0. The Labute approximate surface area is 128 Å². The lowest BCUT2D eigenvalue weighted by Gasteiger charge is -2.19. The molecule has 2 aromatic rings. The third-order valence-corrected chi connectivity index (χ3v) is 4.30. The van der Waals surface area contributed by atoms with Crippen molar-refractivity contribution in [3.05, 3.63) is 53.6 Å². The molecule has 1 N–H and O–H groups in total. The Morgan fingerprint density at radius 2 is 1.76 bits per heavy atom. The first kappa shape index (κ1) is 15.6. The quantitative estimate of drug-likeness (QED) is 0.697. The highest BCUT2D eigenvalue weighted by molar-refractivity contribution is 5.76. The molecule has 0 aliphatic heterocycles. The van der Waals surface area contributed by atoms with Crippen molar-refractivity contribution in [2.24, 2.45) is 0 Å². The summed E-state index contributed by atoms with van der Waals surface area (Å²) in [6.07, 6.45) is 4.52. The van der Waals surface area contributed by atoms with Gasteiger partial charge in [0.1, 0.15) is 5.75 Å². The maximum Gasteiger partial charge on any atom is 0.123 e. The molecule has 0 amide bonds. The second-order valence-corrected chi connectivity index (χ2v) is 5.81. The van der Waals surface area contributed by atoms with Crippen molar-refractivity contribution in [3.8, 4) is 16.9 Å². The van der Waals surface area contributed by atoms with Crippen molar-refractivity contribution in [2.45, 2.75) is 52.4 Å². The normalized spacial score (nSPS) is 12.3. The van der Waals surface area contributed by atoms with E-state index in [1.165, 1.54) is 29.5 Å². The molecule has 1 nitrogen and oxygen atoms in total. The van der Waals surface area contributed by atoms with Gasteiger partial charge in [0.15, 0.2) is 0 Å². The fourth-order valence-corrected chi connectivity index (χ4v) is 2.83. The first-order valence-corrected chi connectivity index (χ1v) is 8.09. The Morgan fingerprint density at radius 1 is 1.00 bits per heavy atom. The standard InChI is InChI=1S/C20H26O/c1-4-6-10-16-11-7-8-12-18(16)20-17(15(3)5-2)13-9-14-19(20)21/h7-9,11-15,21H,4-6,10H2,1-3H3. The average Bonchev–Trinajstić information content (AvgIpc) is 2.52. The Bertz CT molecular complexity index is 586. The van der Waals surface area contributed by atoms with Crippen LogP contribution in [0.2, 0.25) is 0 Å². The van der Waals surface area contributed by atoms with E-state index in [-0.39, 0.29) is 0 Å². The number of hydrogen-bond acceptors (Lipinski definition) is 1. The molecule has 112 valence electrons. The van der Waals surface area contributed by atoms with E-state index in [2.05, 4.69) is 51.1 Å². The molecule has 2 aromatic carbocycles. The number of phenolic OH excluding ortho intramolecular Hbond substituents is 1. The van der Waals surface area contributed by atoms with Crippen molar-refractivity contribution in [2.75, 3.05) is 0 Å². The van der Waals surface area contributed by atoms with E-state index in [0.29, 0.717) is 11.7 Å². The van der Waals surface area contributed by atoms with Crippen molar-refractivity contribution >= 4 is 0 Å². The summed E-state index contributed by atoms with van der Waals surface area (Å²) in [6.45, 7) is 6.64. The largest absolute Gasteiger partial charge is 0.507 e. The van der Waals surface area contributed by atoms with Crippen molar-refractivity contribution in [1.29, 1.82) is 0 Å². The lowest BCUT2D eigenvalue weighted by molar-refractivity contribution is 0.476. The van der Waals surface area contributed by atoms with E-state index in [4.69, 9.17) is 0 Å². The molecule has 0 aliphatic rings. The monoisotopic (exact) mass is 282 g/mol. The summed E-state index contributed by atoms with van der Waals surface area (Å²) in [4.78, 5) is 0. The molecule has 0 aromatic heterocycles. The zero-order chi connectivity index (χ0) is 15.2. The molecule has 0 heterocycles. The van der Waals surface area contributed by atoms with Crippen molar-refractivity contribution in [1.82, 2.24) is 0 Å². The van der Waals surface area contributed by atoms with Gasteiger partial charge in [-0.25, -0.2) is 0 Å². The van der Waals surface area contributed by atoms with Crippen molar-refractivity contribution < 1.29 is 5.11 Å². The average molecular weight is 282 g/mol. The van der Waals surface area contributed by atoms with Gasteiger partial charge in [-0.1, -0.05) is 63.6 Å². The molecule has 0 bridgehead atoms. The van der Waals surface area contributed by atoms with Crippen LogP contribution in [0.4, 0.5) is 0 Å². The minimum Gasteiger partial charge on any atom is -0.507 e. The highest BCUT2D eigenvalue weighted by atomic mass is 16.3. The highest BCUT2D eigenvalue weighted by Gasteiger charge is 2.16. The highest BCUT2D eigenvalue weighted by Crippen LogP contribution is 2.39. The zero-order valence-corrected chi connectivity index (χ0v) is 13.4. The van der Waals surface area contributed by atoms with E-state index < -0.39 is 0 Å². The third kappa shape index (κ3) is 3.47. The van der Waals surface area contributed by atoms with E-state index in [1.807, 2.05) is 6.07 Å². The number of unbranched alkanes of at least 4 members (excludes halogenated alkanes) is 1. The first-order valence-electron chi connectivity index (χ1n) is 8.09. The van der Waals surface area contributed by atoms with E-state index >= 15 is 0 Å². The molecule has 0 fully saturated rings. The van der Waals surface area contributed by atoms with Crippen LogP contribution in [-0.4, -0.2) is 5.11 Å². The minimum atomic E-state index is 0.400. The minimum absolute atomic E-state index is 0.400. The second kappa shape index (κ2) is 7.31. The van der Waals surface area contributed by atoms with Crippen LogP contribution in [0.5, 0.6) is 5.75 Å². The number of rotatable bonds is 6. The topological polar surface area (TPSA) is 20.2 Å². The summed E-state index contributed by atoms with van der Waals surface area (Å²) >= 11 is 0. The van der Waals surface area contributed by atoms with Crippen LogP contribution in [0, 0.1) is 0 Å². The Kier molecular flexibility index (Phi) is 5.44. The number of benzene rings is 2. The van der Waals surface area contributed by atoms with Gasteiger partial charge in [0.2, 0.25) is 0 Å². The van der Waals surface area contributed by atoms with E-state index in [1.54, 1.807) is 6.07 Å². The van der Waals surface area contributed by atoms with Crippen LogP contribution >= 0.6 is 0 Å². The molecular formula is C20H26O. The maximum absolute atomic E-state index is 10.4. The summed E-state index contributed by atoms with van der Waals surface area (Å²) in [6, 6.07) is 14.4. The van der Waals surface area contributed by atoms with Gasteiger partial charge in [-0.2, -0.15) is 0 Å². The summed E-state index contributed by atoms with van der Waals surface area (Å²) in [5.74, 6) is 0.850. The molecule has 0 spiro atoms. The fraction of sp³-hybridized carbons (Fsp3) is 0.400. The Balaban J connectivity index is 2.56. The van der Waals surface area contributed by atoms with Crippen LogP contribution in [-0.2, 0) is 6.42 Å². The van der Waals surface area contributed by atoms with Gasteiger partial charge in [0.05, 0.1) is 0 Å². The third-order valence-electron chi connectivity index (χ3n) is 4.30. The SMILES string of the molecule is CCCCc1ccccc1-c1c(O)cccc1C(C)CC. The molecule has 21 heavy (non-hydrogen) atoms. The zero-order valence-electron chi connectivity index (χ0n) is 13.4. The van der Waals surface area contributed by atoms with E-state index in [0.717, 1.165) is 18.4 Å². The predicted octanol–water partition coefficient (Wildman–Crippen LogP) is 5.92. The Morgan fingerprint density at radius 3 is 2.48 bits per heavy atom. The molecule has 0 saturated heterocycles. The van der Waals surface area contributed by atoms with Gasteiger partial charge in [0.25, 0.3) is 0 Å². The van der Waals surface area contributed by atoms with Gasteiger partial charge < -0.3 is 5.11 Å². The van der Waals surface area contributed by atoms with Gasteiger partial charge in [0, 0.05) is 5.56 Å². The van der Waals surface area contributed by atoms with Crippen LogP contribution < -0.4 is 0 Å². The van der Waals surface area contributed by atoms with Crippen LogP contribution in [0.1, 0.15) is 57.1 Å². The smallest absolute Gasteiger partial charge is 0.123 e. The number of aryl methyl sites for hydroxylation is 1. The number of aromatic hydroxyl groups is 1. The van der Waals surface area contributed by atoms with Gasteiger partial charge in [-0.05, 0) is 47.9 Å². The molecule has 2 rings (SSSR count). The second-order valence-electron chi connectivity index (χ2n) is 5.81. The molecule has 0 radical (unpaired) electrons. The Hall–Kier alpha value is -1.76. The molecule has 1 unspecified atom stereocenters. The van der Waals surface area contributed by atoms with Crippen LogP contribution in [0.15, 0.2) is 42.5 Å². The van der Waals surface area contributed by atoms with Gasteiger partial charge in [-0.15, -0.1) is 0 Å². The predicted molar refractivity (Wildman–Crippen MR) is 90.9 cm³/mol. The van der Waals surface area contributed by atoms with Crippen molar-refractivity contribution in [3.63, 3.8) is 0 Å². The van der Waals surface area contributed by atoms with Crippen LogP contribution in [0.25, 0.3) is 11.1 Å². The number of hydrogen-bond donors (Lipinski definition) is 1. The summed E-state index contributed by atoms with van der Waals surface area (Å²) in [7, 11) is 0. The first-order chi connectivity index (χ1) is 10.2. The van der Waals surface area contributed by atoms with Gasteiger partial charge >= 0.3 is 0 Å². The maximum atomic E-state index is 10.4. The number of phenols is 1. The lowest BCUT2D eigenvalue weighted by Crippen LogP contribution is -1.98. The van der Waals surface area contributed by atoms with Crippen LogP contribution in [0.3, 0.4) is 0 Å². The fourth-order valence-electron chi connectivity index (χ4n) is 2.83.